The van der Waals surface area contributed by atoms with Crippen LogP contribution >= 0.6 is 11.6 Å². The number of fused-ring (bicyclic) bond motifs is 4. The Labute approximate surface area is 239 Å². The van der Waals surface area contributed by atoms with Gasteiger partial charge >= 0.3 is 6.01 Å². The molecule has 5 heterocycles. The van der Waals surface area contributed by atoms with E-state index < -0.39 is 11.8 Å². The summed E-state index contributed by atoms with van der Waals surface area (Å²) in [6, 6.07) is 4.16. The van der Waals surface area contributed by atoms with Crippen LogP contribution in [-0.4, -0.2) is 66.0 Å². The van der Waals surface area contributed by atoms with Gasteiger partial charge in [-0.15, -0.1) is 0 Å². The smallest absolute Gasteiger partial charge is 0.323 e. The number of rotatable bonds is 4. The minimum Gasteiger partial charge on any atom is -0.432 e. The number of hydrogen-bond acceptors (Lipinski definition) is 8. The van der Waals surface area contributed by atoms with E-state index in [1.165, 1.54) is 0 Å². The summed E-state index contributed by atoms with van der Waals surface area (Å²) in [6.45, 7) is 4.80. The number of nitrogens with two attached hydrogens (primary N) is 1. The van der Waals surface area contributed by atoms with E-state index in [0.29, 0.717) is 49.3 Å². The molecule has 7 rings (SSSR count). The van der Waals surface area contributed by atoms with Crippen LogP contribution in [0.4, 0.5) is 15.9 Å². The summed E-state index contributed by atoms with van der Waals surface area (Å²) >= 11 is 6.64. The van der Waals surface area contributed by atoms with Crippen LogP contribution in [0, 0.1) is 0 Å². The molecular weight excluding hydrogens is 533 g/mol. The quantitative estimate of drug-likeness (QED) is 0.418. The van der Waals surface area contributed by atoms with Gasteiger partial charge in [0.2, 0.25) is 0 Å². The maximum absolute atomic E-state index is 14.3. The van der Waals surface area contributed by atoms with Crippen LogP contribution in [0.5, 0.6) is 6.01 Å². The average Bonchev–Trinajstić information content (AvgIpc) is 3.30. The molecule has 214 valence electrons. The fraction of sp³-hybridized carbons (Fsp3) is 0.600. The van der Waals surface area contributed by atoms with Crippen LogP contribution < -0.4 is 15.4 Å². The van der Waals surface area contributed by atoms with E-state index in [4.69, 9.17) is 41.5 Å². The Morgan fingerprint density at radius 1 is 1.10 bits per heavy atom. The molecule has 4 aliphatic heterocycles. The average molecular weight is 570 g/mol. The molecule has 8 nitrogen and oxygen atoms in total. The van der Waals surface area contributed by atoms with E-state index in [1.807, 2.05) is 18.2 Å². The van der Waals surface area contributed by atoms with E-state index in [0.717, 1.165) is 93.0 Å². The topological polar surface area (TPSA) is 86.0 Å². The number of nitrogen functional groups attached to an aromatic ring is 1. The number of benzene rings is 1. The van der Waals surface area contributed by atoms with Gasteiger partial charge in [-0.1, -0.05) is 11.6 Å². The maximum atomic E-state index is 14.3. The van der Waals surface area contributed by atoms with Gasteiger partial charge < -0.3 is 24.8 Å². The zero-order chi connectivity index (χ0) is 27.3. The van der Waals surface area contributed by atoms with E-state index in [9.17, 15) is 4.39 Å². The van der Waals surface area contributed by atoms with Crippen molar-refractivity contribution in [3.63, 3.8) is 0 Å². The maximum Gasteiger partial charge on any atom is 0.323 e. The van der Waals surface area contributed by atoms with Crippen molar-refractivity contribution in [1.82, 2.24) is 14.9 Å². The second-order valence-corrected chi connectivity index (χ2v) is 12.3. The lowest BCUT2D eigenvalue weighted by atomic mass is 9.74. The molecule has 3 fully saturated rings. The molecule has 0 radical (unpaired) electrons. The largest absolute Gasteiger partial charge is 0.432 e. The van der Waals surface area contributed by atoms with Crippen LogP contribution in [0.15, 0.2) is 24.5 Å². The van der Waals surface area contributed by atoms with Crippen molar-refractivity contribution in [1.29, 1.82) is 0 Å². The van der Waals surface area contributed by atoms with Crippen LogP contribution in [0.25, 0.3) is 0 Å². The lowest BCUT2D eigenvalue weighted by Gasteiger charge is -2.43. The van der Waals surface area contributed by atoms with Crippen LogP contribution in [-0.2, 0) is 34.5 Å². The van der Waals surface area contributed by atoms with Gasteiger partial charge in [0.15, 0.2) is 0 Å². The molecule has 0 bridgehead atoms. The highest BCUT2D eigenvalue weighted by Crippen LogP contribution is 2.48. The van der Waals surface area contributed by atoms with Crippen LogP contribution in [0.1, 0.15) is 60.9 Å². The van der Waals surface area contributed by atoms with Crippen molar-refractivity contribution < 1.29 is 18.6 Å². The highest BCUT2D eigenvalue weighted by Gasteiger charge is 2.47. The SMILES string of the molecule is Nc1cc(Cl)c2c(c1)[C@@]1(CCC2)Cc2nc(O/C=C/C34CCCN3C[C@H](F)C4)nc(N3CCCOCC3)c2CO1. The fourth-order valence-corrected chi connectivity index (χ4v) is 7.88. The first-order chi connectivity index (χ1) is 19.4. The Morgan fingerprint density at radius 2 is 2.02 bits per heavy atom. The van der Waals surface area contributed by atoms with E-state index in [-0.39, 0.29) is 5.54 Å². The van der Waals surface area contributed by atoms with Crippen molar-refractivity contribution >= 4 is 23.1 Å². The molecule has 3 atom stereocenters. The van der Waals surface area contributed by atoms with Gasteiger partial charge in [-0.2, -0.15) is 9.97 Å². The molecule has 0 amide bonds. The van der Waals surface area contributed by atoms with E-state index in [1.54, 1.807) is 6.26 Å². The molecule has 1 aromatic carbocycles. The number of nitrogens with zero attached hydrogens (tertiary/aromatic N) is 4. The lowest BCUT2D eigenvalue weighted by molar-refractivity contribution is -0.0854. The molecule has 2 aromatic rings. The first-order valence-corrected chi connectivity index (χ1v) is 15.0. The molecule has 3 saturated heterocycles. The van der Waals surface area contributed by atoms with Gasteiger partial charge in [-0.05, 0) is 74.4 Å². The minimum atomic E-state index is -0.793. The first-order valence-electron chi connectivity index (χ1n) is 14.6. The Morgan fingerprint density at radius 3 is 2.95 bits per heavy atom. The summed E-state index contributed by atoms with van der Waals surface area (Å²) in [5.41, 5.74) is 10.2. The zero-order valence-electron chi connectivity index (χ0n) is 22.8. The summed E-state index contributed by atoms with van der Waals surface area (Å²) in [5, 5.41) is 0.702. The number of anilines is 2. The highest BCUT2D eigenvalue weighted by molar-refractivity contribution is 6.31. The molecule has 10 heteroatoms. The first kappa shape index (κ1) is 26.4. The zero-order valence-corrected chi connectivity index (χ0v) is 23.6. The van der Waals surface area contributed by atoms with Gasteiger partial charge in [0.1, 0.15) is 12.0 Å². The summed E-state index contributed by atoms with van der Waals surface area (Å²) in [6.07, 6.45) is 9.72. The van der Waals surface area contributed by atoms with Crippen molar-refractivity contribution in [2.24, 2.45) is 0 Å². The molecule has 1 aliphatic carbocycles. The number of aromatic nitrogens is 2. The number of halogens is 2. The third-order valence-corrected chi connectivity index (χ3v) is 9.78. The predicted octanol–water partition coefficient (Wildman–Crippen LogP) is 4.71. The number of hydrogen-bond donors (Lipinski definition) is 1. The number of ether oxygens (including phenoxy) is 3. The normalized spacial score (nSPS) is 30.4. The van der Waals surface area contributed by atoms with Gasteiger partial charge in [0.05, 0.1) is 30.8 Å². The molecule has 1 spiro atoms. The highest BCUT2D eigenvalue weighted by atomic mass is 35.5. The Hall–Kier alpha value is -2.46. The van der Waals surface area contributed by atoms with Crippen LogP contribution in [0.3, 0.4) is 0 Å². The van der Waals surface area contributed by atoms with Gasteiger partial charge in [-0.3, -0.25) is 4.90 Å². The number of alkyl halides is 1. The second-order valence-electron chi connectivity index (χ2n) is 11.9. The molecule has 1 unspecified atom stereocenters. The molecule has 40 heavy (non-hydrogen) atoms. The standard InChI is InChI=1S/C30H37ClFN5O3/c31-25-15-21(33)14-24-22(25)4-1-6-30(24)17-26-23(19-40-30)27(36-8-3-11-38-13-10-36)35-28(34-26)39-12-7-29-5-2-9-37(29)18-20(32)16-29/h7,12,14-15,20H,1-6,8-11,13,16-19,33H2/b12-7+/t20-,29?,30-/m1/s1. The van der Waals surface area contributed by atoms with E-state index >= 15 is 0 Å². The Balaban J connectivity index is 1.24. The van der Waals surface area contributed by atoms with Gasteiger partial charge in [-0.25, -0.2) is 4.39 Å². The molecule has 0 saturated carbocycles. The van der Waals surface area contributed by atoms with Crippen molar-refractivity contribution in [3.05, 3.63) is 51.9 Å². The van der Waals surface area contributed by atoms with Gasteiger partial charge in [0, 0.05) is 60.9 Å². The second kappa shape index (κ2) is 10.4. The van der Waals surface area contributed by atoms with Crippen molar-refractivity contribution in [3.8, 4) is 6.01 Å². The third kappa shape index (κ3) is 4.65. The summed E-state index contributed by atoms with van der Waals surface area (Å²) in [5.74, 6) is 0.848. The van der Waals surface area contributed by atoms with Gasteiger partial charge in [0.25, 0.3) is 0 Å². The third-order valence-electron chi connectivity index (χ3n) is 9.45. The molecule has 1 aromatic heterocycles. The van der Waals surface area contributed by atoms with Crippen LogP contribution in [0.2, 0.25) is 5.02 Å². The summed E-state index contributed by atoms with van der Waals surface area (Å²) < 4.78 is 32.8. The molecule has 2 N–H and O–H groups in total. The fourth-order valence-electron chi connectivity index (χ4n) is 7.56. The predicted molar refractivity (Wildman–Crippen MR) is 151 cm³/mol. The summed E-state index contributed by atoms with van der Waals surface area (Å²) in [4.78, 5) is 14.3. The molecule has 5 aliphatic rings. The monoisotopic (exact) mass is 569 g/mol. The Bertz CT molecular complexity index is 1320. The molecular formula is C30H37ClFN5O3. The minimum absolute atomic E-state index is 0.262. The Kier molecular flexibility index (Phi) is 6.89. The lowest BCUT2D eigenvalue weighted by Crippen LogP contribution is -2.41. The van der Waals surface area contributed by atoms with Crippen molar-refractivity contribution in [2.45, 2.75) is 75.3 Å². The van der Waals surface area contributed by atoms with Crippen molar-refractivity contribution in [2.75, 3.05) is 50.0 Å². The van der Waals surface area contributed by atoms with E-state index in [2.05, 4.69) is 9.80 Å². The summed E-state index contributed by atoms with van der Waals surface area (Å²) in [7, 11) is 0.